The first-order chi connectivity index (χ1) is 25.5. The maximum absolute atomic E-state index is 13.3. The van der Waals surface area contributed by atoms with E-state index in [4.69, 9.17) is 5.73 Å². The zero-order valence-electron chi connectivity index (χ0n) is 33.4. The van der Waals surface area contributed by atoms with Crippen molar-refractivity contribution in [1.29, 1.82) is 0 Å². The number of carbonyl (C=O) groups excluding carboxylic acids is 9. The van der Waals surface area contributed by atoms with Gasteiger partial charge in [-0.25, -0.2) is 0 Å². The Bertz CT molecular complexity index is 1280. The van der Waals surface area contributed by atoms with Crippen molar-refractivity contribution in [1.82, 2.24) is 42.5 Å². The molecule has 0 fully saturated rings. The molecular formula is C36H65N9O9. The summed E-state index contributed by atoms with van der Waals surface area (Å²) in [5, 5.41) is 20.8. The molecule has 54 heavy (non-hydrogen) atoms. The van der Waals surface area contributed by atoms with E-state index in [-0.39, 0.29) is 44.9 Å². The van der Waals surface area contributed by atoms with Crippen LogP contribution in [0.15, 0.2) is 0 Å². The molecule has 9 atom stereocenters. The van der Waals surface area contributed by atoms with Crippen LogP contribution in [-0.4, -0.2) is 108 Å². The van der Waals surface area contributed by atoms with Gasteiger partial charge in [-0.3, -0.25) is 38.4 Å². The molecule has 0 saturated carbocycles. The lowest BCUT2D eigenvalue weighted by molar-refractivity contribution is -0.136. The Morgan fingerprint density at radius 2 is 0.556 bits per heavy atom. The number of nitrogens with two attached hydrogens (primary N) is 1. The maximum atomic E-state index is 13.3. The highest BCUT2D eigenvalue weighted by Crippen LogP contribution is 2.04. The molecule has 10 N–H and O–H groups in total. The summed E-state index contributed by atoms with van der Waals surface area (Å²) in [4.78, 5) is 115. The molecule has 308 valence electrons. The van der Waals surface area contributed by atoms with Crippen molar-refractivity contribution < 1.29 is 43.2 Å². The fourth-order valence-electron chi connectivity index (χ4n) is 5.08. The van der Waals surface area contributed by atoms with Gasteiger partial charge in [-0.05, 0) is 57.8 Å². The van der Waals surface area contributed by atoms with Gasteiger partial charge in [-0.2, -0.15) is 0 Å². The minimum absolute atomic E-state index is 0.142. The summed E-state index contributed by atoms with van der Waals surface area (Å²) in [5.41, 5.74) is 5.76. The fourth-order valence-corrected chi connectivity index (χ4v) is 5.08. The monoisotopic (exact) mass is 767 g/mol. The predicted molar refractivity (Wildman–Crippen MR) is 202 cm³/mol. The minimum Gasteiger partial charge on any atom is -0.345 e. The zero-order chi connectivity index (χ0) is 41.5. The number of hydrogen-bond donors (Lipinski definition) is 9. The lowest BCUT2D eigenvalue weighted by Crippen LogP contribution is -2.60. The van der Waals surface area contributed by atoms with Crippen LogP contribution in [0.4, 0.5) is 0 Å². The van der Waals surface area contributed by atoms with Crippen molar-refractivity contribution in [3.05, 3.63) is 0 Å². The first kappa shape index (κ1) is 49.4. The van der Waals surface area contributed by atoms with E-state index in [0.717, 1.165) is 0 Å². The van der Waals surface area contributed by atoms with Crippen molar-refractivity contribution in [2.24, 2.45) is 5.73 Å². The van der Waals surface area contributed by atoms with Gasteiger partial charge in [0.1, 0.15) is 48.6 Å². The van der Waals surface area contributed by atoms with Crippen molar-refractivity contribution in [3.8, 4) is 0 Å². The molecule has 0 heterocycles. The van der Waals surface area contributed by atoms with E-state index < -0.39 is 102 Å². The molecule has 18 nitrogen and oxygen atoms in total. The number of carbonyl (C=O) groups is 9. The average Bonchev–Trinajstić information content (AvgIpc) is 3.17. The predicted octanol–water partition coefficient (Wildman–Crippen LogP) is -0.919. The number of amides is 8. The van der Waals surface area contributed by atoms with Gasteiger partial charge in [0.2, 0.25) is 47.3 Å². The normalized spacial score (nSPS) is 15.9. The molecule has 0 aliphatic rings. The van der Waals surface area contributed by atoms with Gasteiger partial charge < -0.3 is 53.1 Å². The molecule has 0 aromatic carbocycles. The van der Waals surface area contributed by atoms with E-state index in [1.165, 1.54) is 0 Å². The van der Waals surface area contributed by atoms with E-state index in [0.29, 0.717) is 19.1 Å². The van der Waals surface area contributed by atoms with Crippen LogP contribution in [0.25, 0.3) is 0 Å². The van der Waals surface area contributed by atoms with E-state index in [9.17, 15) is 43.2 Å². The van der Waals surface area contributed by atoms with Crippen molar-refractivity contribution in [3.63, 3.8) is 0 Å². The molecule has 0 saturated heterocycles. The average molecular weight is 768 g/mol. The Morgan fingerprint density at radius 1 is 0.352 bits per heavy atom. The van der Waals surface area contributed by atoms with Crippen LogP contribution in [-0.2, 0) is 43.2 Å². The van der Waals surface area contributed by atoms with Gasteiger partial charge >= 0.3 is 0 Å². The molecule has 0 aromatic heterocycles. The molecule has 0 aliphatic carbocycles. The minimum atomic E-state index is -1.08. The molecular weight excluding hydrogens is 702 g/mol. The highest BCUT2D eigenvalue weighted by molar-refractivity contribution is 5.97. The number of aldehydes is 1. The van der Waals surface area contributed by atoms with Crippen LogP contribution in [0.2, 0.25) is 0 Å². The van der Waals surface area contributed by atoms with Gasteiger partial charge in [0, 0.05) is 0 Å². The largest absolute Gasteiger partial charge is 0.345 e. The Labute approximate surface area is 319 Å². The summed E-state index contributed by atoms with van der Waals surface area (Å²) >= 11 is 0. The number of hydrogen-bond acceptors (Lipinski definition) is 10. The SMILES string of the molecule is CC[C@@H](C=O)NC(=O)[C@H](CC)NC(=O)[C@H](CC)NC(=O)[C@H](CC)NC(=O)[C@H](CC)NC(=O)[C@H](CC)NC(=O)[C@H](CC)NC(=O)[C@H](CC)NC(=O)[C@@H](N)CC. The van der Waals surface area contributed by atoms with Crippen LogP contribution in [0.3, 0.4) is 0 Å². The first-order valence-electron chi connectivity index (χ1n) is 19.2. The first-order valence-corrected chi connectivity index (χ1v) is 19.2. The third kappa shape index (κ3) is 16.2. The molecule has 0 aromatic rings. The van der Waals surface area contributed by atoms with Crippen LogP contribution in [0.1, 0.15) is 120 Å². The molecule has 0 unspecified atom stereocenters. The smallest absolute Gasteiger partial charge is 0.243 e. The molecule has 8 amide bonds. The molecule has 0 radical (unpaired) electrons. The summed E-state index contributed by atoms with van der Waals surface area (Å²) in [7, 11) is 0. The highest BCUT2D eigenvalue weighted by Gasteiger charge is 2.32. The second-order valence-electron chi connectivity index (χ2n) is 13.0. The van der Waals surface area contributed by atoms with Crippen LogP contribution in [0, 0.1) is 0 Å². The Morgan fingerprint density at radius 3 is 0.722 bits per heavy atom. The van der Waals surface area contributed by atoms with Crippen molar-refractivity contribution >= 4 is 53.5 Å². The number of rotatable bonds is 26. The summed E-state index contributed by atoms with van der Waals surface area (Å²) in [6.45, 7) is 15.2. The van der Waals surface area contributed by atoms with Crippen LogP contribution < -0.4 is 48.3 Å². The van der Waals surface area contributed by atoms with E-state index >= 15 is 0 Å². The van der Waals surface area contributed by atoms with E-state index in [1.807, 2.05) is 0 Å². The maximum Gasteiger partial charge on any atom is 0.243 e. The molecule has 0 bridgehead atoms. The van der Waals surface area contributed by atoms with E-state index in [1.54, 1.807) is 62.3 Å². The molecule has 18 heteroatoms. The molecule has 0 rings (SSSR count). The lowest BCUT2D eigenvalue weighted by atomic mass is 10.1. The fraction of sp³-hybridized carbons (Fsp3) is 0.750. The van der Waals surface area contributed by atoms with Gasteiger partial charge in [0.25, 0.3) is 0 Å². The highest BCUT2D eigenvalue weighted by atomic mass is 16.2. The lowest BCUT2D eigenvalue weighted by Gasteiger charge is -2.27. The summed E-state index contributed by atoms with van der Waals surface area (Å²) in [5.74, 6) is -4.81. The second kappa shape index (κ2) is 26.2. The third-order valence-electron chi connectivity index (χ3n) is 9.00. The standard InChI is InChI=1S/C36H65N9O9/c1-10-20(19-46)38-30(48)22(12-3)40-32(50)24(14-5)42-34(52)26(16-7)44-36(54)28(18-9)45-35(53)27(17-8)43-33(51)25(15-6)41-31(49)23(13-4)39-29(47)21(37)11-2/h19-28H,10-18,37H2,1-9H3,(H,38,48)(H,39,47)(H,40,50)(H,41,49)(H,42,52)(H,43,51)(H,44,54)(H,45,53)/t20-,21-,22-,23-,24-,25-,26-,27-,28-/m0/s1. The molecule has 0 spiro atoms. The summed E-state index contributed by atoms with van der Waals surface area (Å²) in [6.07, 6.45) is 2.68. The zero-order valence-corrected chi connectivity index (χ0v) is 33.4. The number of nitrogens with one attached hydrogen (secondary N) is 8. The van der Waals surface area contributed by atoms with Crippen molar-refractivity contribution in [2.45, 2.75) is 174 Å². The van der Waals surface area contributed by atoms with Gasteiger partial charge in [-0.15, -0.1) is 0 Å². The molecule has 0 aliphatic heterocycles. The van der Waals surface area contributed by atoms with E-state index in [2.05, 4.69) is 42.5 Å². The summed E-state index contributed by atoms with van der Waals surface area (Å²) in [6, 6.07) is -8.59. The van der Waals surface area contributed by atoms with Crippen molar-refractivity contribution in [2.75, 3.05) is 0 Å². The Kier molecular flexibility index (Phi) is 24.0. The topological polar surface area (TPSA) is 276 Å². The van der Waals surface area contributed by atoms with Crippen LogP contribution in [0.5, 0.6) is 0 Å². The third-order valence-corrected chi connectivity index (χ3v) is 9.00. The Balaban J connectivity index is 5.50. The Hall–Kier alpha value is -4.61. The quantitative estimate of drug-likeness (QED) is 0.0489. The van der Waals surface area contributed by atoms with Gasteiger partial charge in [-0.1, -0.05) is 62.3 Å². The second-order valence-corrected chi connectivity index (χ2v) is 13.0. The summed E-state index contributed by atoms with van der Waals surface area (Å²) < 4.78 is 0. The van der Waals surface area contributed by atoms with Gasteiger partial charge in [0.15, 0.2) is 0 Å². The van der Waals surface area contributed by atoms with Gasteiger partial charge in [0.05, 0.1) is 12.1 Å². The van der Waals surface area contributed by atoms with Crippen LogP contribution >= 0.6 is 0 Å².